The van der Waals surface area contributed by atoms with Crippen LogP contribution in [0.25, 0.3) is 0 Å². The Balaban J connectivity index is 2.42. The van der Waals surface area contributed by atoms with E-state index in [1.54, 1.807) is 6.92 Å². The molecular formula is C13H27NO3S. The fourth-order valence-corrected chi connectivity index (χ4v) is 3.39. The van der Waals surface area contributed by atoms with Crippen LogP contribution in [0.15, 0.2) is 0 Å². The summed E-state index contributed by atoms with van der Waals surface area (Å²) in [5, 5.41) is 10.3. The van der Waals surface area contributed by atoms with E-state index in [4.69, 9.17) is 0 Å². The van der Waals surface area contributed by atoms with Gasteiger partial charge >= 0.3 is 0 Å². The average molecular weight is 277 g/mol. The van der Waals surface area contributed by atoms with Gasteiger partial charge in [-0.15, -0.1) is 0 Å². The summed E-state index contributed by atoms with van der Waals surface area (Å²) in [6.07, 6.45) is 3.04. The van der Waals surface area contributed by atoms with Gasteiger partial charge in [0.2, 0.25) is 0 Å². The van der Waals surface area contributed by atoms with Crippen LogP contribution in [0.4, 0.5) is 0 Å². The summed E-state index contributed by atoms with van der Waals surface area (Å²) in [6, 6.07) is 0. The van der Waals surface area contributed by atoms with Crippen LogP contribution in [0.1, 0.15) is 46.5 Å². The predicted molar refractivity (Wildman–Crippen MR) is 74.5 cm³/mol. The quantitative estimate of drug-likeness (QED) is 0.765. The summed E-state index contributed by atoms with van der Waals surface area (Å²) in [7, 11) is -2.90. The predicted octanol–water partition coefficient (Wildman–Crippen LogP) is 1.44. The van der Waals surface area contributed by atoms with Crippen LogP contribution in [0.2, 0.25) is 0 Å². The molecule has 0 bridgehead atoms. The standard InChI is InChI=1S/C13H27NO3S/c1-4-18(16,17)11-7-8-12(15)13(2,3)14-9-5-6-10-14/h12,15H,4-11H2,1-3H3. The Morgan fingerprint density at radius 2 is 1.83 bits per heavy atom. The van der Waals surface area contributed by atoms with Crippen LogP contribution in [-0.4, -0.2) is 54.7 Å². The molecule has 1 saturated heterocycles. The minimum atomic E-state index is -2.90. The Kier molecular flexibility index (Phi) is 5.62. The van der Waals surface area contributed by atoms with Gasteiger partial charge in [-0.25, -0.2) is 8.42 Å². The van der Waals surface area contributed by atoms with Gasteiger partial charge in [0.15, 0.2) is 0 Å². The molecule has 5 heteroatoms. The first-order valence-corrected chi connectivity index (χ1v) is 8.75. The average Bonchev–Trinajstić information content (AvgIpc) is 2.82. The summed E-state index contributed by atoms with van der Waals surface area (Å²) in [5.41, 5.74) is -0.244. The first-order chi connectivity index (χ1) is 8.29. The Morgan fingerprint density at radius 1 is 1.28 bits per heavy atom. The van der Waals surface area contributed by atoms with Crippen molar-refractivity contribution in [1.29, 1.82) is 0 Å². The molecule has 108 valence electrons. The molecule has 1 atom stereocenters. The lowest BCUT2D eigenvalue weighted by molar-refractivity contribution is -0.00208. The number of aliphatic hydroxyl groups is 1. The van der Waals surface area contributed by atoms with Gasteiger partial charge in [0.05, 0.1) is 11.9 Å². The molecule has 1 unspecified atom stereocenters. The summed E-state index contributed by atoms with van der Waals surface area (Å²) >= 11 is 0. The third-order valence-electron chi connectivity index (χ3n) is 4.11. The minimum absolute atomic E-state index is 0.191. The zero-order chi connectivity index (χ0) is 13.8. The highest BCUT2D eigenvalue weighted by Crippen LogP contribution is 2.26. The lowest BCUT2D eigenvalue weighted by Gasteiger charge is -2.39. The van der Waals surface area contributed by atoms with Gasteiger partial charge in [0, 0.05) is 11.3 Å². The number of sulfone groups is 1. The van der Waals surface area contributed by atoms with Crippen LogP contribution in [-0.2, 0) is 9.84 Å². The largest absolute Gasteiger partial charge is 0.391 e. The maximum Gasteiger partial charge on any atom is 0.150 e. The molecule has 0 spiro atoms. The number of hydrogen-bond donors (Lipinski definition) is 1. The summed E-state index contributed by atoms with van der Waals surface area (Å²) in [4.78, 5) is 2.31. The normalized spacial score (nSPS) is 20.2. The zero-order valence-corrected chi connectivity index (χ0v) is 12.7. The SMILES string of the molecule is CCS(=O)(=O)CCCC(O)C(C)(C)N1CCCC1. The van der Waals surface area contributed by atoms with E-state index >= 15 is 0 Å². The fourth-order valence-electron chi connectivity index (χ4n) is 2.50. The number of nitrogens with zero attached hydrogens (tertiary/aromatic N) is 1. The van der Waals surface area contributed by atoms with E-state index in [1.165, 1.54) is 12.8 Å². The van der Waals surface area contributed by atoms with Gasteiger partial charge in [0.25, 0.3) is 0 Å². The molecule has 18 heavy (non-hydrogen) atoms. The monoisotopic (exact) mass is 277 g/mol. The Morgan fingerprint density at radius 3 is 2.33 bits per heavy atom. The molecule has 1 N–H and O–H groups in total. The Bertz CT molecular complexity index is 345. The van der Waals surface area contributed by atoms with Gasteiger partial charge in [0.1, 0.15) is 9.84 Å². The molecule has 0 amide bonds. The van der Waals surface area contributed by atoms with Crippen LogP contribution >= 0.6 is 0 Å². The second-order valence-electron chi connectivity index (χ2n) is 5.74. The third kappa shape index (κ3) is 4.21. The van der Waals surface area contributed by atoms with Crippen molar-refractivity contribution in [3.05, 3.63) is 0 Å². The highest BCUT2D eigenvalue weighted by molar-refractivity contribution is 7.91. The Hall–Kier alpha value is -0.130. The molecule has 0 aromatic carbocycles. The number of likely N-dealkylation sites (tertiary alicyclic amines) is 1. The van der Waals surface area contributed by atoms with Crippen molar-refractivity contribution in [2.75, 3.05) is 24.6 Å². The van der Waals surface area contributed by atoms with E-state index in [9.17, 15) is 13.5 Å². The fraction of sp³-hybridized carbons (Fsp3) is 1.00. The lowest BCUT2D eigenvalue weighted by atomic mass is 9.92. The van der Waals surface area contributed by atoms with Gasteiger partial charge in [-0.3, -0.25) is 4.90 Å². The molecule has 0 aromatic heterocycles. The van der Waals surface area contributed by atoms with Gasteiger partial charge in [-0.1, -0.05) is 6.92 Å². The highest BCUT2D eigenvalue weighted by atomic mass is 32.2. The third-order valence-corrected chi connectivity index (χ3v) is 5.90. The summed E-state index contributed by atoms with van der Waals surface area (Å²) < 4.78 is 22.8. The summed E-state index contributed by atoms with van der Waals surface area (Å²) in [6.45, 7) is 7.85. The highest BCUT2D eigenvalue weighted by Gasteiger charge is 2.35. The van der Waals surface area contributed by atoms with Gasteiger partial charge in [-0.2, -0.15) is 0 Å². The number of aliphatic hydroxyl groups excluding tert-OH is 1. The molecule has 0 aromatic rings. The maximum atomic E-state index is 11.4. The van der Waals surface area contributed by atoms with Crippen molar-refractivity contribution in [3.8, 4) is 0 Å². The van der Waals surface area contributed by atoms with E-state index in [0.29, 0.717) is 12.8 Å². The number of hydrogen-bond acceptors (Lipinski definition) is 4. The molecule has 4 nitrogen and oxygen atoms in total. The molecular weight excluding hydrogens is 250 g/mol. The smallest absolute Gasteiger partial charge is 0.150 e. The van der Waals surface area contributed by atoms with Crippen LogP contribution in [0, 0.1) is 0 Å². The van der Waals surface area contributed by atoms with Crippen molar-refractivity contribution in [3.63, 3.8) is 0 Å². The lowest BCUT2D eigenvalue weighted by Crippen LogP contribution is -2.51. The minimum Gasteiger partial charge on any atom is -0.391 e. The zero-order valence-electron chi connectivity index (χ0n) is 11.9. The second-order valence-corrected chi connectivity index (χ2v) is 8.21. The Labute approximate surface area is 111 Å². The molecule has 0 saturated carbocycles. The second kappa shape index (κ2) is 6.35. The molecule has 0 aliphatic carbocycles. The maximum absolute atomic E-state index is 11.4. The van der Waals surface area contributed by atoms with Crippen LogP contribution < -0.4 is 0 Å². The van der Waals surface area contributed by atoms with E-state index in [2.05, 4.69) is 18.7 Å². The number of rotatable bonds is 7. The molecule has 1 fully saturated rings. The van der Waals surface area contributed by atoms with Crippen molar-refractivity contribution in [1.82, 2.24) is 4.90 Å². The van der Waals surface area contributed by atoms with Crippen molar-refractivity contribution in [2.24, 2.45) is 0 Å². The van der Waals surface area contributed by atoms with Crippen molar-refractivity contribution >= 4 is 9.84 Å². The van der Waals surface area contributed by atoms with E-state index in [1.807, 2.05) is 0 Å². The first-order valence-electron chi connectivity index (χ1n) is 6.93. The van der Waals surface area contributed by atoms with Crippen LogP contribution in [0.3, 0.4) is 0 Å². The first kappa shape index (κ1) is 15.9. The van der Waals surface area contributed by atoms with E-state index in [-0.39, 0.29) is 17.0 Å². The van der Waals surface area contributed by atoms with Gasteiger partial charge < -0.3 is 5.11 Å². The topological polar surface area (TPSA) is 57.6 Å². The van der Waals surface area contributed by atoms with Crippen molar-refractivity contribution < 1.29 is 13.5 Å². The van der Waals surface area contributed by atoms with E-state index < -0.39 is 15.9 Å². The molecule has 1 aliphatic rings. The molecule has 0 radical (unpaired) electrons. The van der Waals surface area contributed by atoms with E-state index in [0.717, 1.165) is 13.1 Å². The van der Waals surface area contributed by atoms with Gasteiger partial charge in [-0.05, 0) is 52.6 Å². The molecule has 1 aliphatic heterocycles. The van der Waals surface area contributed by atoms with Crippen LogP contribution in [0.5, 0.6) is 0 Å². The molecule has 1 rings (SSSR count). The summed E-state index contributed by atoms with van der Waals surface area (Å²) in [5.74, 6) is 0.384. The van der Waals surface area contributed by atoms with Crippen molar-refractivity contribution in [2.45, 2.75) is 58.1 Å². The molecule has 1 heterocycles.